The number of amides is 4. The summed E-state index contributed by atoms with van der Waals surface area (Å²) in [7, 11) is 0. The van der Waals surface area contributed by atoms with Crippen LogP contribution in [0.25, 0.3) is 0 Å². The number of rotatable bonds is 4. The summed E-state index contributed by atoms with van der Waals surface area (Å²) in [6.45, 7) is 2.53. The molecular weight excluding hydrogens is 234 g/mol. The predicted molar refractivity (Wildman–Crippen MR) is 64.7 cm³/mol. The summed E-state index contributed by atoms with van der Waals surface area (Å²) < 4.78 is 0. The lowest BCUT2D eigenvalue weighted by Gasteiger charge is -2.30. The van der Waals surface area contributed by atoms with Gasteiger partial charge in [0, 0.05) is 6.54 Å². The van der Waals surface area contributed by atoms with Gasteiger partial charge in [-0.3, -0.25) is 14.9 Å². The van der Waals surface area contributed by atoms with Crippen LogP contribution in [-0.4, -0.2) is 41.4 Å². The summed E-state index contributed by atoms with van der Waals surface area (Å²) in [5, 5.41) is 5.06. The van der Waals surface area contributed by atoms with Gasteiger partial charge in [-0.25, -0.2) is 4.79 Å². The van der Waals surface area contributed by atoms with Crippen molar-refractivity contribution in [1.82, 2.24) is 15.5 Å². The molecular formula is C12H19N3O3. The third-order valence-corrected chi connectivity index (χ3v) is 3.71. The Balaban J connectivity index is 2.07. The van der Waals surface area contributed by atoms with Crippen LogP contribution in [0, 0.1) is 0 Å². The Morgan fingerprint density at radius 3 is 2.67 bits per heavy atom. The minimum absolute atomic E-state index is 0.0302. The molecule has 1 aliphatic carbocycles. The van der Waals surface area contributed by atoms with E-state index in [9.17, 15) is 14.4 Å². The number of hydrogen-bond acceptors (Lipinski definition) is 3. The van der Waals surface area contributed by atoms with E-state index in [0.717, 1.165) is 19.3 Å². The minimum Gasteiger partial charge on any atom is -0.355 e. The fourth-order valence-corrected chi connectivity index (χ4v) is 2.74. The van der Waals surface area contributed by atoms with Crippen LogP contribution >= 0.6 is 0 Å². The van der Waals surface area contributed by atoms with E-state index in [-0.39, 0.29) is 18.4 Å². The number of urea groups is 1. The molecule has 2 aliphatic rings. The second kappa shape index (κ2) is 4.96. The first kappa shape index (κ1) is 12.9. The normalized spacial score (nSPS) is 21.5. The third-order valence-electron chi connectivity index (χ3n) is 3.71. The van der Waals surface area contributed by atoms with Crippen molar-refractivity contribution in [2.45, 2.75) is 44.6 Å². The Morgan fingerprint density at radius 1 is 1.39 bits per heavy atom. The van der Waals surface area contributed by atoms with Crippen LogP contribution in [0.2, 0.25) is 0 Å². The Hall–Kier alpha value is -1.59. The number of carbonyl (C=O) groups excluding carboxylic acids is 3. The quantitative estimate of drug-likeness (QED) is 0.711. The third kappa shape index (κ3) is 2.07. The number of carbonyl (C=O) groups is 3. The smallest absolute Gasteiger partial charge is 0.325 e. The van der Waals surface area contributed by atoms with E-state index >= 15 is 0 Å². The van der Waals surface area contributed by atoms with Gasteiger partial charge in [0.15, 0.2) is 0 Å². The Kier molecular flexibility index (Phi) is 3.54. The molecule has 0 aromatic rings. The summed E-state index contributed by atoms with van der Waals surface area (Å²) >= 11 is 0. The van der Waals surface area contributed by atoms with E-state index in [4.69, 9.17) is 0 Å². The van der Waals surface area contributed by atoms with Crippen LogP contribution in [0.3, 0.4) is 0 Å². The summed E-state index contributed by atoms with van der Waals surface area (Å²) in [6.07, 6.45) is 4.01. The zero-order valence-electron chi connectivity index (χ0n) is 10.6. The molecule has 1 heterocycles. The Labute approximate surface area is 106 Å². The first-order valence-corrected chi connectivity index (χ1v) is 6.50. The van der Waals surface area contributed by atoms with Crippen LogP contribution < -0.4 is 10.6 Å². The fourth-order valence-electron chi connectivity index (χ4n) is 2.74. The molecule has 1 spiro atoms. The van der Waals surface area contributed by atoms with Crippen molar-refractivity contribution >= 4 is 17.8 Å². The van der Waals surface area contributed by atoms with E-state index in [1.165, 1.54) is 4.90 Å². The molecule has 2 fully saturated rings. The standard InChI is InChI=1S/C12H19N3O3/c1-2-7-13-9(16)8-15-11(18)14-10(17)12(15)5-3-4-6-12/h2-8H2,1H3,(H,13,16)(H,14,17,18). The maximum Gasteiger partial charge on any atom is 0.325 e. The number of hydrogen-bond donors (Lipinski definition) is 2. The van der Waals surface area contributed by atoms with Crippen LogP contribution in [0.15, 0.2) is 0 Å². The van der Waals surface area contributed by atoms with Crippen molar-refractivity contribution in [3.8, 4) is 0 Å². The second-order valence-corrected chi connectivity index (χ2v) is 4.93. The molecule has 1 aliphatic heterocycles. The number of nitrogens with one attached hydrogen (secondary N) is 2. The Bertz CT molecular complexity index is 375. The SMILES string of the molecule is CCCNC(=O)CN1C(=O)NC(=O)C12CCCC2. The van der Waals surface area contributed by atoms with E-state index in [2.05, 4.69) is 10.6 Å². The predicted octanol–water partition coefficient (Wildman–Crippen LogP) is 0.377. The van der Waals surface area contributed by atoms with Gasteiger partial charge in [-0.1, -0.05) is 19.8 Å². The van der Waals surface area contributed by atoms with Crippen LogP contribution in [0.4, 0.5) is 4.79 Å². The van der Waals surface area contributed by atoms with Gasteiger partial charge in [-0.2, -0.15) is 0 Å². The highest BCUT2D eigenvalue weighted by Gasteiger charge is 2.54. The molecule has 0 radical (unpaired) electrons. The maximum atomic E-state index is 11.9. The summed E-state index contributed by atoms with van der Waals surface area (Å²) in [5.41, 5.74) is -0.763. The van der Waals surface area contributed by atoms with Crippen LogP contribution in [0.1, 0.15) is 39.0 Å². The molecule has 0 aromatic heterocycles. The van der Waals surface area contributed by atoms with Gasteiger partial charge < -0.3 is 10.2 Å². The summed E-state index contributed by atoms with van der Waals surface area (Å²) in [5.74, 6) is -0.443. The van der Waals surface area contributed by atoms with E-state index in [1.54, 1.807) is 0 Å². The molecule has 0 aromatic carbocycles. The minimum atomic E-state index is -0.763. The highest BCUT2D eigenvalue weighted by molar-refractivity contribution is 6.08. The lowest BCUT2D eigenvalue weighted by Crippen LogP contribution is -2.51. The van der Waals surface area contributed by atoms with E-state index in [0.29, 0.717) is 19.4 Å². The van der Waals surface area contributed by atoms with Gasteiger partial charge in [-0.05, 0) is 19.3 Å². The van der Waals surface area contributed by atoms with Crippen molar-refractivity contribution in [3.05, 3.63) is 0 Å². The molecule has 0 bridgehead atoms. The molecule has 6 nitrogen and oxygen atoms in total. The molecule has 1 saturated carbocycles. The largest absolute Gasteiger partial charge is 0.355 e. The molecule has 18 heavy (non-hydrogen) atoms. The number of nitrogens with zero attached hydrogens (tertiary/aromatic N) is 1. The molecule has 100 valence electrons. The molecule has 2 rings (SSSR count). The average molecular weight is 253 g/mol. The molecule has 6 heteroatoms. The van der Waals surface area contributed by atoms with Crippen molar-refractivity contribution in [1.29, 1.82) is 0 Å². The fraction of sp³-hybridized carbons (Fsp3) is 0.750. The molecule has 0 unspecified atom stereocenters. The molecule has 1 saturated heterocycles. The zero-order chi connectivity index (χ0) is 13.2. The van der Waals surface area contributed by atoms with E-state index < -0.39 is 11.6 Å². The summed E-state index contributed by atoms with van der Waals surface area (Å²) in [4.78, 5) is 36.8. The average Bonchev–Trinajstić information content (AvgIpc) is 2.90. The van der Waals surface area contributed by atoms with Crippen molar-refractivity contribution < 1.29 is 14.4 Å². The van der Waals surface area contributed by atoms with Crippen molar-refractivity contribution in [3.63, 3.8) is 0 Å². The van der Waals surface area contributed by atoms with Gasteiger partial charge in [-0.15, -0.1) is 0 Å². The first-order valence-electron chi connectivity index (χ1n) is 6.50. The second-order valence-electron chi connectivity index (χ2n) is 4.93. The van der Waals surface area contributed by atoms with Gasteiger partial charge in [0.05, 0.1) is 0 Å². The summed E-state index contributed by atoms with van der Waals surface area (Å²) in [6, 6.07) is -0.437. The van der Waals surface area contributed by atoms with E-state index in [1.807, 2.05) is 6.92 Å². The zero-order valence-corrected chi connectivity index (χ0v) is 10.6. The molecule has 4 amide bonds. The van der Waals surface area contributed by atoms with Crippen LogP contribution in [-0.2, 0) is 9.59 Å². The topological polar surface area (TPSA) is 78.5 Å². The molecule has 2 N–H and O–H groups in total. The van der Waals surface area contributed by atoms with Crippen molar-refractivity contribution in [2.24, 2.45) is 0 Å². The van der Waals surface area contributed by atoms with Gasteiger partial charge in [0.25, 0.3) is 5.91 Å². The molecule has 0 atom stereocenters. The van der Waals surface area contributed by atoms with Crippen LogP contribution in [0.5, 0.6) is 0 Å². The lowest BCUT2D eigenvalue weighted by atomic mass is 9.96. The lowest BCUT2D eigenvalue weighted by molar-refractivity contribution is -0.128. The first-order chi connectivity index (χ1) is 8.60. The van der Waals surface area contributed by atoms with Gasteiger partial charge >= 0.3 is 6.03 Å². The van der Waals surface area contributed by atoms with Gasteiger partial charge in [0.2, 0.25) is 5.91 Å². The number of imide groups is 1. The van der Waals surface area contributed by atoms with Gasteiger partial charge in [0.1, 0.15) is 12.1 Å². The van der Waals surface area contributed by atoms with Crippen molar-refractivity contribution in [2.75, 3.05) is 13.1 Å². The monoisotopic (exact) mass is 253 g/mol. The Morgan fingerprint density at radius 2 is 2.06 bits per heavy atom. The highest BCUT2D eigenvalue weighted by Crippen LogP contribution is 2.38. The highest BCUT2D eigenvalue weighted by atomic mass is 16.2. The maximum absolute atomic E-state index is 11.9.